The lowest BCUT2D eigenvalue weighted by Crippen LogP contribution is -2.56. The first-order chi connectivity index (χ1) is 26.8. The molecule has 2 amide bonds. The number of hydrogen-bond donors (Lipinski definition) is 1. The quantitative estimate of drug-likeness (QED) is 0.140. The van der Waals surface area contributed by atoms with Gasteiger partial charge in [0.15, 0.2) is 17.6 Å². The molecular weight excluding hydrogens is 757 g/mol. The van der Waals surface area contributed by atoms with Crippen LogP contribution in [0, 0.1) is 23.2 Å². The number of halogens is 2. The summed E-state index contributed by atoms with van der Waals surface area (Å²) >= 11 is 12.2. The van der Waals surface area contributed by atoms with Crippen LogP contribution in [-0.2, 0) is 38.6 Å². The molecule has 0 aromatic heterocycles. The number of carbonyl (C=O) groups excluding carboxylic acids is 3. The number of methoxy groups -OCH3 is 1. The highest BCUT2D eigenvalue weighted by atomic mass is 35.5. The molecule has 0 saturated heterocycles. The highest BCUT2D eigenvalue weighted by Gasteiger charge is 2.39. The van der Waals surface area contributed by atoms with Gasteiger partial charge in [-0.1, -0.05) is 53.2 Å². The molecule has 2 heterocycles. The lowest BCUT2D eigenvalue weighted by atomic mass is 9.92. The number of benzene rings is 4. The second-order valence-electron chi connectivity index (χ2n) is 14.2. The first kappa shape index (κ1) is 39.8. The number of carbonyl (C=O) groups is 3. The fraction of sp³-hybridized carbons (Fsp3) is 0.302. The average Bonchev–Trinajstić information content (AvgIpc) is 3.18. The van der Waals surface area contributed by atoms with E-state index in [1.54, 1.807) is 57.2 Å². The van der Waals surface area contributed by atoms with Gasteiger partial charge in [-0.2, -0.15) is 5.26 Å². The molecule has 2 aliphatic heterocycles. The maximum atomic E-state index is 14.0. The molecular formula is C43H39Cl2N3O8. The van der Waals surface area contributed by atoms with Gasteiger partial charge in [-0.25, -0.2) is 9.59 Å². The second kappa shape index (κ2) is 17.3. The monoisotopic (exact) mass is 795 g/mol. The number of rotatable bonds is 8. The van der Waals surface area contributed by atoms with Gasteiger partial charge in [0.1, 0.15) is 36.6 Å². The Labute approximate surface area is 335 Å². The average molecular weight is 797 g/mol. The second-order valence-corrected chi connectivity index (χ2v) is 15.0. The summed E-state index contributed by atoms with van der Waals surface area (Å²) in [6, 6.07) is 23.1. The molecule has 0 aliphatic carbocycles. The zero-order valence-electron chi connectivity index (χ0n) is 31.2. The molecule has 6 rings (SSSR count). The fourth-order valence-electron chi connectivity index (χ4n) is 6.12. The van der Waals surface area contributed by atoms with Crippen molar-refractivity contribution in [3.05, 3.63) is 122 Å². The Morgan fingerprint density at radius 3 is 2.34 bits per heavy atom. The minimum absolute atomic E-state index is 0.0376. The lowest BCUT2D eigenvalue weighted by molar-refractivity contribution is -0.145. The van der Waals surface area contributed by atoms with Crippen molar-refractivity contribution in [3.8, 4) is 35.2 Å². The zero-order chi connectivity index (χ0) is 40.0. The Hall–Kier alpha value is -5.88. The predicted molar refractivity (Wildman–Crippen MR) is 208 cm³/mol. The van der Waals surface area contributed by atoms with E-state index in [1.165, 1.54) is 12.0 Å². The molecule has 1 N–H and O–H groups in total. The number of nitrogens with zero attached hydrogens (tertiary/aromatic N) is 2. The van der Waals surface area contributed by atoms with Gasteiger partial charge in [-0.3, -0.25) is 9.69 Å². The van der Waals surface area contributed by atoms with E-state index in [4.69, 9.17) is 52.1 Å². The van der Waals surface area contributed by atoms with Crippen molar-refractivity contribution in [2.45, 2.75) is 70.6 Å². The number of ether oxygens (including phenoxy) is 5. The first-order valence-corrected chi connectivity index (χ1v) is 18.5. The number of nitrogens with one attached hydrogen (secondary N) is 1. The summed E-state index contributed by atoms with van der Waals surface area (Å²) in [5.41, 5.74) is 3.60. The third kappa shape index (κ3) is 9.86. The van der Waals surface area contributed by atoms with E-state index < -0.39 is 41.8 Å². The van der Waals surface area contributed by atoms with E-state index in [2.05, 4.69) is 23.2 Å². The predicted octanol–water partition coefficient (Wildman–Crippen LogP) is 7.72. The van der Waals surface area contributed by atoms with Gasteiger partial charge in [0, 0.05) is 18.4 Å². The molecule has 56 heavy (non-hydrogen) atoms. The van der Waals surface area contributed by atoms with Gasteiger partial charge in [-0.05, 0) is 104 Å². The van der Waals surface area contributed by atoms with Crippen LogP contribution in [0.3, 0.4) is 0 Å². The molecule has 4 aromatic carbocycles. The maximum Gasteiger partial charge on any atom is 0.411 e. The standard InChI is InChI=1S/C43H39Cl2N3O8/c1-43(2,3)56-42(51)48-23-31-21-38-37(54-25-39(55-38)29-13-15-32(16-14-29)53-24-28-12-17-33(44)34(45)18-28)20-30(31)19-36(48)40(49)47-35(41(50)52-4)7-5-6-26-8-10-27(22-46)11-9-26/h8-18,20-21,35-36,39H,7,19,23-25H2,1-4H3,(H,47,49)/t35-,36?,39+/m0/s1. The molecule has 288 valence electrons. The summed E-state index contributed by atoms with van der Waals surface area (Å²) in [5.74, 6) is 6.27. The summed E-state index contributed by atoms with van der Waals surface area (Å²) in [6.45, 7) is 5.83. The van der Waals surface area contributed by atoms with E-state index in [1.807, 2.05) is 42.5 Å². The van der Waals surface area contributed by atoms with Crippen molar-refractivity contribution in [3.63, 3.8) is 0 Å². The summed E-state index contributed by atoms with van der Waals surface area (Å²) in [7, 11) is 1.22. The van der Waals surface area contributed by atoms with E-state index in [0.29, 0.717) is 45.0 Å². The number of amides is 2. The van der Waals surface area contributed by atoms with E-state index >= 15 is 0 Å². The minimum atomic E-state index is -1.11. The Balaban J connectivity index is 1.17. The van der Waals surface area contributed by atoms with Crippen LogP contribution >= 0.6 is 23.2 Å². The van der Waals surface area contributed by atoms with Gasteiger partial charge in [0.25, 0.3) is 0 Å². The SMILES string of the molecule is COC(=O)[C@H](CC#Cc1ccc(C#N)cc1)NC(=O)C1Cc2cc3c(cc2CN1C(=O)OC(C)(C)C)O[C@@H](c1ccc(OCc2ccc(Cl)c(Cl)c2)cc1)CO3. The van der Waals surface area contributed by atoms with Crippen molar-refractivity contribution >= 4 is 41.2 Å². The maximum absolute atomic E-state index is 14.0. The number of hydrogen-bond acceptors (Lipinski definition) is 9. The van der Waals surface area contributed by atoms with E-state index in [0.717, 1.165) is 22.3 Å². The molecule has 11 nitrogen and oxygen atoms in total. The molecule has 2 aliphatic rings. The van der Waals surface area contributed by atoms with Crippen molar-refractivity contribution in [1.29, 1.82) is 5.26 Å². The summed E-state index contributed by atoms with van der Waals surface area (Å²) < 4.78 is 29.2. The normalized spacial score (nSPS) is 16.2. The highest BCUT2D eigenvalue weighted by molar-refractivity contribution is 6.42. The Morgan fingerprint density at radius 2 is 1.66 bits per heavy atom. The van der Waals surface area contributed by atoms with Crippen molar-refractivity contribution in [1.82, 2.24) is 10.2 Å². The van der Waals surface area contributed by atoms with Crippen LogP contribution < -0.4 is 19.5 Å². The van der Waals surface area contributed by atoms with Crippen LogP contribution in [0.25, 0.3) is 0 Å². The molecule has 3 atom stereocenters. The smallest absolute Gasteiger partial charge is 0.411 e. The van der Waals surface area contributed by atoms with E-state index in [9.17, 15) is 14.4 Å². The van der Waals surface area contributed by atoms with Crippen LogP contribution in [0.15, 0.2) is 78.9 Å². The fourth-order valence-corrected chi connectivity index (χ4v) is 6.44. The topological polar surface area (TPSA) is 136 Å². The summed E-state index contributed by atoms with van der Waals surface area (Å²) in [5, 5.41) is 12.7. The van der Waals surface area contributed by atoms with Crippen LogP contribution in [-0.4, -0.2) is 54.3 Å². The van der Waals surface area contributed by atoms with Crippen LogP contribution in [0.1, 0.15) is 66.7 Å². The van der Waals surface area contributed by atoms with Crippen LogP contribution in [0.5, 0.6) is 17.2 Å². The lowest BCUT2D eigenvalue weighted by Gasteiger charge is -2.38. The summed E-state index contributed by atoms with van der Waals surface area (Å²) in [4.78, 5) is 41.7. The molecule has 0 saturated carbocycles. The van der Waals surface area contributed by atoms with Gasteiger partial charge in [-0.15, -0.1) is 0 Å². The van der Waals surface area contributed by atoms with Crippen molar-refractivity contribution in [2.75, 3.05) is 13.7 Å². The first-order valence-electron chi connectivity index (χ1n) is 17.8. The Morgan fingerprint density at radius 1 is 0.946 bits per heavy atom. The third-order valence-corrected chi connectivity index (χ3v) is 9.72. The third-order valence-electron chi connectivity index (χ3n) is 8.98. The summed E-state index contributed by atoms with van der Waals surface area (Å²) in [6.07, 6.45) is -1.03. The van der Waals surface area contributed by atoms with Crippen molar-refractivity contribution < 1.29 is 38.1 Å². The van der Waals surface area contributed by atoms with Gasteiger partial charge < -0.3 is 29.0 Å². The molecule has 0 spiro atoms. The largest absolute Gasteiger partial charge is 0.489 e. The number of esters is 1. The molecule has 4 aromatic rings. The molecule has 0 radical (unpaired) electrons. The van der Waals surface area contributed by atoms with Crippen LogP contribution in [0.2, 0.25) is 10.0 Å². The zero-order valence-corrected chi connectivity index (χ0v) is 32.7. The Kier molecular flexibility index (Phi) is 12.3. The van der Waals surface area contributed by atoms with Crippen molar-refractivity contribution in [2.24, 2.45) is 0 Å². The minimum Gasteiger partial charge on any atom is -0.489 e. The highest BCUT2D eigenvalue weighted by Crippen LogP contribution is 2.41. The Bertz CT molecular complexity index is 2220. The van der Waals surface area contributed by atoms with Gasteiger partial charge in [0.05, 0.1) is 35.3 Å². The van der Waals surface area contributed by atoms with E-state index in [-0.39, 0.29) is 26.0 Å². The van der Waals surface area contributed by atoms with Crippen LogP contribution in [0.4, 0.5) is 4.79 Å². The van der Waals surface area contributed by atoms with Gasteiger partial charge >= 0.3 is 12.1 Å². The van der Waals surface area contributed by atoms with Gasteiger partial charge in [0.2, 0.25) is 5.91 Å². The molecule has 13 heteroatoms. The molecule has 0 bridgehead atoms. The number of nitriles is 1. The molecule has 0 fully saturated rings. The number of fused-ring (bicyclic) bond motifs is 2. The molecule has 1 unspecified atom stereocenters.